The third-order valence-electron chi connectivity index (χ3n) is 6.10. The van der Waals surface area contributed by atoms with Crippen molar-refractivity contribution in [1.82, 2.24) is 5.32 Å². The Kier molecular flexibility index (Phi) is 8.11. The first-order chi connectivity index (χ1) is 16.2. The molecule has 0 fully saturated rings. The minimum absolute atomic E-state index is 0.161. The Labute approximate surface area is 202 Å². The first kappa shape index (κ1) is 25.0. The van der Waals surface area contributed by atoms with E-state index in [9.17, 15) is 9.59 Å². The van der Waals surface area contributed by atoms with Gasteiger partial charge >= 0.3 is 0 Å². The van der Waals surface area contributed by atoms with Gasteiger partial charge in [-0.3, -0.25) is 9.59 Å². The third kappa shape index (κ3) is 5.48. The van der Waals surface area contributed by atoms with Crippen molar-refractivity contribution >= 4 is 11.8 Å². The molecule has 178 valence electrons. The number of nitrogens with one attached hydrogen (secondary N) is 1. The minimum Gasteiger partial charge on any atom is -0.496 e. The number of amides is 2. The van der Waals surface area contributed by atoms with E-state index in [0.29, 0.717) is 5.56 Å². The van der Waals surface area contributed by atoms with E-state index < -0.39 is 17.9 Å². The van der Waals surface area contributed by atoms with Crippen LogP contribution < -0.4 is 15.8 Å². The van der Waals surface area contributed by atoms with E-state index in [1.165, 1.54) is 0 Å². The van der Waals surface area contributed by atoms with Gasteiger partial charge in [0, 0.05) is 11.5 Å². The zero-order chi connectivity index (χ0) is 24.8. The fourth-order valence-corrected chi connectivity index (χ4v) is 4.34. The quantitative estimate of drug-likeness (QED) is 0.453. The van der Waals surface area contributed by atoms with Crippen molar-refractivity contribution in [1.29, 1.82) is 0 Å². The molecule has 0 bridgehead atoms. The SMILES string of the molecule is COc1c(C(C)C)cc(C(=O)N[C@H](C(N)=O)C(c2ccccc2)c2ccccc2)cc1C(C)C. The number of methoxy groups -OCH3 is 1. The topological polar surface area (TPSA) is 81.4 Å². The number of hydrogen-bond acceptors (Lipinski definition) is 3. The molecule has 3 aromatic rings. The molecule has 0 radical (unpaired) electrons. The van der Waals surface area contributed by atoms with Crippen LogP contribution >= 0.6 is 0 Å². The van der Waals surface area contributed by atoms with Crippen LogP contribution in [-0.2, 0) is 4.79 Å². The monoisotopic (exact) mass is 458 g/mol. The van der Waals surface area contributed by atoms with Crippen LogP contribution in [0.4, 0.5) is 0 Å². The fraction of sp³-hybridized carbons (Fsp3) is 0.310. The van der Waals surface area contributed by atoms with Gasteiger partial charge in [0.2, 0.25) is 5.91 Å². The van der Waals surface area contributed by atoms with Gasteiger partial charge in [0.25, 0.3) is 5.91 Å². The maximum Gasteiger partial charge on any atom is 0.251 e. The predicted molar refractivity (Wildman–Crippen MR) is 136 cm³/mol. The van der Waals surface area contributed by atoms with Crippen LogP contribution in [0.5, 0.6) is 5.75 Å². The number of carbonyl (C=O) groups excluding carboxylic acids is 2. The standard InChI is InChI=1S/C29H34N2O3/c1-18(2)23-16-22(17-24(19(3)4)27(23)34-5)29(33)31-26(28(30)32)25(20-12-8-6-9-13-20)21-14-10-7-11-15-21/h6-19,25-26H,1-5H3,(H2,30,32)(H,31,33)/t26-/m0/s1. The van der Waals surface area contributed by atoms with E-state index >= 15 is 0 Å². The smallest absolute Gasteiger partial charge is 0.251 e. The number of rotatable bonds is 9. The second-order valence-electron chi connectivity index (χ2n) is 9.15. The molecule has 5 nitrogen and oxygen atoms in total. The van der Waals surface area contributed by atoms with E-state index in [-0.39, 0.29) is 17.7 Å². The Morgan fingerprint density at radius 3 is 1.59 bits per heavy atom. The van der Waals surface area contributed by atoms with Gasteiger partial charge in [-0.25, -0.2) is 0 Å². The van der Waals surface area contributed by atoms with E-state index in [0.717, 1.165) is 28.0 Å². The van der Waals surface area contributed by atoms with E-state index in [4.69, 9.17) is 10.5 Å². The lowest BCUT2D eigenvalue weighted by molar-refractivity contribution is -0.120. The van der Waals surface area contributed by atoms with Gasteiger partial charge in [0.05, 0.1) is 7.11 Å². The summed E-state index contributed by atoms with van der Waals surface area (Å²) in [6.07, 6.45) is 0. The molecule has 0 saturated carbocycles. The van der Waals surface area contributed by atoms with Crippen LogP contribution in [0, 0.1) is 0 Å². The van der Waals surface area contributed by atoms with E-state index in [1.54, 1.807) is 7.11 Å². The Balaban J connectivity index is 2.06. The van der Waals surface area contributed by atoms with Crippen LogP contribution in [0.15, 0.2) is 72.8 Å². The summed E-state index contributed by atoms with van der Waals surface area (Å²) in [5, 5.41) is 2.95. The van der Waals surface area contributed by atoms with Crippen molar-refractivity contribution in [3.05, 3.63) is 101 Å². The summed E-state index contributed by atoms with van der Waals surface area (Å²) in [5.41, 5.74) is 10.1. The number of carbonyl (C=O) groups is 2. The van der Waals surface area contributed by atoms with E-state index in [1.807, 2.05) is 72.8 Å². The van der Waals surface area contributed by atoms with Crippen LogP contribution in [0.1, 0.15) is 78.1 Å². The van der Waals surface area contributed by atoms with Gasteiger partial charge in [-0.05, 0) is 46.2 Å². The Morgan fingerprint density at radius 2 is 1.24 bits per heavy atom. The molecule has 2 amide bonds. The van der Waals surface area contributed by atoms with Crippen molar-refractivity contribution in [2.45, 2.75) is 51.5 Å². The van der Waals surface area contributed by atoms with Gasteiger partial charge in [0.1, 0.15) is 11.8 Å². The summed E-state index contributed by atoms with van der Waals surface area (Å²) in [6, 6.07) is 22.1. The highest BCUT2D eigenvalue weighted by molar-refractivity contribution is 5.98. The number of hydrogen-bond donors (Lipinski definition) is 2. The molecule has 0 aliphatic heterocycles. The number of benzene rings is 3. The second-order valence-corrected chi connectivity index (χ2v) is 9.15. The summed E-state index contributed by atoms with van der Waals surface area (Å²) in [7, 11) is 1.65. The molecule has 0 spiro atoms. The molecule has 0 unspecified atom stereocenters. The maximum atomic E-state index is 13.5. The predicted octanol–water partition coefficient (Wildman–Crippen LogP) is 5.36. The molecule has 3 N–H and O–H groups in total. The van der Waals surface area contributed by atoms with Crippen LogP contribution in [0.2, 0.25) is 0 Å². The lowest BCUT2D eigenvalue weighted by Crippen LogP contribution is -2.48. The van der Waals surface area contributed by atoms with Crippen LogP contribution in [0.3, 0.4) is 0 Å². The molecular weight excluding hydrogens is 424 g/mol. The van der Waals surface area contributed by atoms with Gasteiger partial charge in [-0.2, -0.15) is 0 Å². The first-order valence-corrected chi connectivity index (χ1v) is 11.7. The summed E-state index contributed by atoms with van der Waals surface area (Å²) in [6.45, 7) is 8.26. The molecule has 0 heterocycles. The Hall–Kier alpha value is -3.60. The van der Waals surface area contributed by atoms with E-state index in [2.05, 4.69) is 33.0 Å². The minimum atomic E-state index is -0.926. The average molecular weight is 459 g/mol. The maximum absolute atomic E-state index is 13.5. The molecule has 0 aliphatic carbocycles. The number of nitrogens with two attached hydrogens (primary N) is 1. The molecule has 0 saturated heterocycles. The highest BCUT2D eigenvalue weighted by Crippen LogP contribution is 2.36. The largest absolute Gasteiger partial charge is 0.496 e. The fourth-order valence-electron chi connectivity index (χ4n) is 4.34. The highest BCUT2D eigenvalue weighted by Gasteiger charge is 2.31. The zero-order valence-electron chi connectivity index (χ0n) is 20.5. The molecule has 0 aromatic heterocycles. The average Bonchev–Trinajstić information content (AvgIpc) is 2.83. The molecule has 3 rings (SSSR count). The van der Waals surface area contributed by atoms with Gasteiger partial charge < -0.3 is 15.8 Å². The lowest BCUT2D eigenvalue weighted by atomic mass is 9.84. The highest BCUT2D eigenvalue weighted by atomic mass is 16.5. The van der Waals surface area contributed by atoms with Crippen LogP contribution in [-0.4, -0.2) is 25.0 Å². The Morgan fingerprint density at radius 1 is 0.794 bits per heavy atom. The van der Waals surface area contributed by atoms with Gasteiger partial charge in [-0.1, -0.05) is 88.4 Å². The molecule has 34 heavy (non-hydrogen) atoms. The molecule has 0 aliphatic rings. The van der Waals surface area contributed by atoms with Crippen LogP contribution in [0.25, 0.3) is 0 Å². The normalized spacial score (nSPS) is 12.1. The Bertz CT molecular complexity index is 1060. The van der Waals surface area contributed by atoms with Crippen molar-refractivity contribution in [2.75, 3.05) is 7.11 Å². The van der Waals surface area contributed by atoms with Crippen molar-refractivity contribution in [3.8, 4) is 5.75 Å². The first-order valence-electron chi connectivity index (χ1n) is 11.7. The van der Waals surface area contributed by atoms with Gasteiger partial charge in [-0.15, -0.1) is 0 Å². The number of primary amides is 1. The third-order valence-corrected chi connectivity index (χ3v) is 6.10. The molecule has 3 aromatic carbocycles. The summed E-state index contributed by atoms with van der Waals surface area (Å²) < 4.78 is 5.70. The summed E-state index contributed by atoms with van der Waals surface area (Å²) in [5.74, 6) is -0.224. The zero-order valence-corrected chi connectivity index (χ0v) is 20.5. The lowest BCUT2D eigenvalue weighted by Gasteiger charge is -2.27. The molecule has 1 atom stereocenters. The molecular formula is C29H34N2O3. The van der Waals surface area contributed by atoms with Gasteiger partial charge in [0.15, 0.2) is 0 Å². The molecule has 5 heteroatoms. The van der Waals surface area contributed by atoms with Crippen molar-refractivity contribution < 1.29 is 14.3 Å². The second kappa shape index (κ2) is 11.0. The number of ether oxygens (including phenoxy) is 1. The summed E-state index contributed by atoms with van der Waals surface area (Å²) >= 11 is 0. The van der Waals surface area contributed by atoms with Crippen molar-refractivity contribution in [3.63, 3.8) is 0 Å². The van der Waals surface area contributed by atoms with Crippen molar-refractivity contribution in [2.24, 2.45) is 5.73 Å². The summed E-state index contributed by atoms with van der Waals surface area (Å²) in [4.78, 5) is 26.2.